The molecule has 27 heavy (non-hydrogen) atoms. The second kappa shape index (κ2) is 8.90. The summed E-state index contributed by atoms with van der Waals surface area (Å²) in [5.74, 6) is -3.76. The Morgan fingerprint density at radius 2 is 1.85 bits per heavy atom. The first-order chi connectivity index (χ1) is 12.8. The van der Waals surface area contributed by atoms with E-state index in [1.165, 1.54) is 12.1 Å². The van der Waals surface area contributed by atoms with Crippen molar-refractivity contribution in [1.29, 1.82) is 0 Å². The summed E-state index contributed by atoms with van der Waals surface area (Å²) < 4.78 is 30.9. The predicted molar refractivity (Wildman–Crippen MR) is 91.6 cm³/mol. The average molecular weight is 400 g/mol. The van der Waals surface area contributed by atoms with Gasteiger partial charge in [-0.2, -0.15) is 0 Å². The summed E-state index contributed by atoms with van der Waals surface area (Å²) in [4.78, 5) is 33.6. The van der Waals surface area contributed by atoms with E-state index < -0.39 is 47.2 Å². The molecule has 0 heterocycles. The van der Waals surface area contributed by atoms with E-state index in [-0.39, 0.29) is 16.5 Å². The first-order valence-corrected chi connectivity index (χ1v) is 7.72. The lowest BCUT2D eigenvalue weighted by Gasteiger charge is -2.09. The van der Waals surface area contributed by atoms with Crippen molar-refractivity contribution in [3.63, 3.8) is 0 Å². The van der Waals surface area contributed by atoms with Crippen molar-refractivity contribution < 1.29 is 28.0 Å². The third kappa shape index (κ3) is 5.89. The zero-order valence-corrected chi connectivity index (χ0v) is 14.3. The second-order valence-electron chi connectivity index (χ2n) is 5.11. The summed E-state index contributed by atoms with van der Waals surface area (Å²) in [6.07, 6.45) is 0. The van der Waals surface area contributed by atoms with E-state index in [1.807, 2.05) is 0 Å². The van der Waals surface area contributed by atoms with Gasteiger partial charge in [-0.05, 0) is 24.3 Å². The molecule has 0 aliphatic heterocycles. The Morgan fingerprint density at radius 3 is 2.52 bits per heavy atom. The monoisotopic (exact) mass is 399 g/mol. The number of hydrogen-bond acceptors (Lipinski definition) is 5. The van der Waals surface area contributed by atoms with Crippen LogP contribution in [0.5, 0.6) is 5.75 Å². The van der Waals surface area contributed by atoms with E-state index in [9.17, 15) is 28.5 Å². The number of anilines is 1. The van der Waals surface area contributed by atoms with Crippen LogP contribution in [0.4, 0.5) is 20.2 Å². The van der Waals surface area contributed by atoms with Crippen LogP contribution < -0.4 is 15.4 Å². The number of carbonyl (C=O) groups excluding carboxylic acids is 2. The molecule has 0 spiro atoms. The van der Waals surface area contributed by atoms with E-state index in [1.54, 1.807) is 0 Å². The molecule has 2 rings (SSSR count). The van der Waals surface area contributed by atoms with Gasteiger partial charge >= 0.3 is 5.69 Å². The molecule has 0 aliphatic carbocycles. The summed E-state index contributed by atoms with van der Waals surface area (Å²) in [5.41, 5.74) is -0.396. The molecule has 0 aliphatic rings. The van der Waals surface area contributed by atoms with Crippen LogP contribution in [-0.2, 0) is 9.59 Å². The lowest BCUT2D eigenvalue weighted by molar-refractivity contribution is -0.385. The van der Waals surface area contributed by atoms with E-state index in [0.29, 0.717) is 0 Å². The molecule has 11 heteroatoms. The summed E-state index contributed by atoms with van der Waals surface area (Å²) in [6.45, 7) is -1.05. The summed E-state index contributed by atoms with van der Waals surface area (Å²) in [5, 5.41) is 15.5. The number of hydrogen-bond donors (Lipinski definition) is 2. The largest absolute Gasteiger partial charge is 0.477 e. The van der Waals surface area contributed by atoms with Crippen LogP contribution in [-0.4, -0.2) is 29.9 Å². The molecule has 2 aromatic carbocycles. The lowest BCUT2D eigenvalue weighted by atomic mass is 10.3. The predicted octanol–water partition coefficient (Wildman–Crippen LogP) is 2.66. The van der Waals surface area contributed by atoms with Crippen LogP contribution in [0.25, 0.3) is 0 Å². The number of nitrogens with zero attached hydrogens (tertiary/aromatic N) is 1. The highest BCUT2D eigenvalue weighted by atomic mass is 35.5. The third-order valence-corrected chi connectivity index (χ3v) is 3.36. The van der Waals surface area contributed by atoms with E-state index in [0.717, 1.165) is 24.3 Å². The molecule has 2 aromatic rings. The molecule has 142 valence electrons. The van der Waals surface area contributed by atoms with Gasteiger partial charge in [0.15, 0.2) is 24.0 Å². The van der Waals surface area contributed by atoms with Crippen molar-refractivity contribution in [3.8, 4) is 5.75 Å². The quantitative estimate of drug-likeness (QED) is 0.549. The first-order valence-electron chi connectivity index (χ1n) is 7.34. The molecule has 0 saturated carbocycles. The van der Waals surface area contributed by atoms with Gasteiger partial charge in [0.1, 0.15) is 0 Å². The molecule has 0 bridgehead atoms. The topological polar surface area (TPSA) is 111 Å². The van der Waals surface area contributed by atoms with Crippen molar-refractivity contribution in [2.24, 2.45) is 0 Å². The number of halogens is 3. The SMILES string of the molecule is O=C(COc1ccc(Cl)cc1[N+](=O)[O-])NCC(=O)Nc1ccc(F)c(F)c1. The van der Waals surface area contributed by atoms with E-state index in [2.05, 4.69) is 10.6 Å². The van der Waals surface area contributed by atoms with Gasteiger partial charge < -0.3 is 15.4 Å². The molecule has 2 N–H and O–H groups in total. The highest BCUT2D eigenvalue weighted by Gasteiger charge is 2.17. The van der Waals surface area contributed by atoms with Gasteiger partial charge in [0, 0.05) is 22.8 Å². The normalized spacial score (nSPS) is 10.2. The van der Waals surface area contributed by atoms with Crippen LogP contribution in [0, 0.1) is 21.7 Å². The Balaban J connectivity index is 1.83. The molecule has 0 fully saturated rings. The summed E-state index contributed by atoms with van der Waals surface area (Å²) in [7, 11) is 0. The molecule has 0 aromatic heterocycles. The van der Waals surface area contributed by atoms with Gasteiger partial charge in [-0.25, -0.2) is 8.78 Å². The number of nitro benzene ring substituents is 1. The minimum absolute atomic E-state index is 0.0150. The van der Waals surface area contributed by atoms with Crippen LogP contribution >= 0.6 is 11.6 Å². The Kier molecular flexibility index (Phi) is 6.61. The maximum Gasteiger partial charge on any atom is 0.312 e. The summed E-state index contributed by atoms with van der Waals surface area (Å²) in [6, 6.07) is 6.46. The minimum Gasteiger partial charge on any atom is -0.477 e. The highest BCUT2D eigenvalue weighted by Crippen LogP contribution is 2.29. The fourth-order valence-electron chi connectivity index (χ4n) is 1.91. The Bertz CT molecular complexity index is 894. The average Bonchev–Trinajstić information content (AvgIpc) is 2.62. The number of nitrogens with one attached hydrogen (secondary N) is 2. The zero-order chi connectivity index (χ0) is 20.0. The molecule has 0 unspecified atom stereocenters. The van der Waals surface area contributed by atoms with Gasteiger partial charge in [0.05, 0.1) is 11.5 Å². The fourth-order valence-corrected chi connectivity index (χ4v) is 2.07. The van der Waals surface area contributed by atoms with Crippen molar-refractivity contribution >= 4 is 34.8 Å². The number of amides is 2. The van der Waals surface area contributed by atoms with Crippen LogP contribution in [0.1, 0.15) is 0 Å². The van der Waals surface area contributed by atoms with Crippen molar-refractivity contribution in [2.75, 3.05) is 18.5 Å². The van der Waals surface area contributed by atoms with Crippen LogP contribution in [0.3, 0.4) is 0 Å². The van der Waals surface area contributed by atoms with Gasteiger partial charge in [-0.1, -0.05) is 11.6 Å². The van der Waals surface area contributed by atoms with Crippen LogP contribution in [0.15, 0.2) is 36.4 Å². The molecule has 0 saturated heterocycles. The maximum absolute atomic E-state index is 13.1. The molecular weight excluding hydrogens is 388 g/mol. The maximum atomic E-state index is 13.1. The lowest BCUT2D eigenvalue weighted by Crippen LogP contribution is -2.35. The Hall–Kier alpha value is -3.27. The Labute approximate surface area is 156 Å². The molecule has 0 atom stereocenters. The fraction of sp³-hybridized carbons (Fsp3) is 0.125. The highest BCUT2D eigenvalue weighted by molar-refractivity contribution is 6.30. The number of nitro groups is 1. The molecular formula is C16H12ClF2N3O5. The number of carbonyl (C=O) groups is 2. The second-order valence-corrected chi connectivity index (χ2v) is 5.55. The van der Waals surface area contributed by atoms with Crippen LogP contribution in [0.2, 0.25) is 5.02 Å². The third-order valence-electron chi connectivity index (χ3n) is 3.13. The zero-order valence-electron chi connectivity index (χ0n) is 13.5. The molecule has 0 radical (unpaired) electrons. The first kappa shape index (κ1) is 20.0. The Morgan fingerprint density at radius 1 is 1.11 bits per heavy atom. The van der Waals surface area contributed by atoms with Gasteiger partial charge in [0.25, 0.3) is 5.91 Å². The summed E-state index contributed by atoms with van der Waals surface area (Å²) >= 11 is 5.67. The molecule has 8 nitrogen and oxygen atoms in total. The van der Waals surface area contributed by atoms with E-state index in [4.69, 9.17) is 16.3 Å². The van der Waals surface area contributed by atoms with Crippen molar-refractivity contribution in [1.82, 2.24) is 5.32 Å². The number of rotatable bonds is 7. The standard InChI is InChI=1S/C16H12ClF2N3O5/c17-9-1-4-14(13(5-9)22(25)26)27-8-16(24)20-7-15(23)21-10-2-3-11(18)12(19)6-10/h1-6H,7-8H2,(H,20,24)(H,21,23). The number of ether oxygens (including phenoxy) is 1. The van der Waals surface area contributed by atoms with E-state index >= 15 is 0 Å². The van der Waals surface area contributed by atoms with Gasteiger partial charge in [-0.15, -0.1) is 0 Å². The smallest absolute Gasteiger partial charge is 0.312 e. The van der Waals surface area contributed by atoms with Gasteiger partial charge in [0.2, 0.25) is 5.91 Å². The van der Waals surface area contributed by atoms with Crippen molar-refractivity contribution in [3.05, 3.63) is 63.2 Å². The minimum atomic E-state index is -1.13. The number of benzene rings is 2. The van der Waals surface area contributed by atoms with Crippen molar-refractivity contribution in [2.45, 2.75) is 0 Å². The van der Waals surface area contributed by atoms with Gasteiger partial charge in [-0.3, -0.25) is 19.7 Å². The molecule has 2 amide bonds.